The van der Waals surface area contributed by atoms with Gasteiger partial charge in [0.05, 0.1) is 4.90 Å². The Morgan fingerprint density at radius 3 is 2.54 bits per heavy atom. The van der Waals surface area contributed by atoms with Crippen LogP contribution in [0.3, 0.4) is 0 Å². The Balaban J connectivity index is 0.00000196. The number of amides is 1. The normalized spacial score (nSPS) is 21.8. The van der Waals surface area contributed by atoms with Crippen molar-refractivity contribution in [2.75, 3.05) is 25.9 Å². The zero-order chi connectivity index (χ0) is 17.6. The maximum Gasteiger partial charge on any atom is 0.251 e. The van der Waals surface area contributed by atoms with Gasteiger partial charge in [-0.15, -0.1) is 12.4 Å². The highest BCUT2D eigenvalue weighted by atomic mass is 35.5. The fraction of sp³-hybridized carbons (Fsp3) is 0.316. The molecule has 2 aliphatic heterocycles. The van der Waals surface area contributed by atoms with Crippen molar-refractivity contribution in [3.8, 4) is 11.1 Å². The quantitative estimate of drug-likeness (QED) is 0.821. The van der Waals surface area contributed by atoms with Crippen LogP contribution in [0.5, 0.6) is 0 Å². The molecule has 0 saturated carbocycles. The van der Waals surface area contributed by atoms with Crippen molar-refractivity contribution in [2.24, 2.45) is 5.92 Å². The molecule has 1 amide bonds. The number of carbonyl (C=O) groups excluding carboxylic acids is 1. The molecule has 138 valence electrons. The number of carbonyl (C=O) groups is 1. The van der Waals surface area contributed by atoms with Crippen molar-refractivity contribution < 1.29 is 13.2 Å². The lowest BCUT2D eigenvalue weighted by atomic mass is 9.86. The summed E-state index contributed by atoms with van der Waals surface area (Å²) in [5.41, 5.74) is 3.08. The van der Waals surface area contributed by atoms with E-state index in [2.05, 4.69) is 10.6 Å². The summed E-state index contributed by atoms with van der Waals surface area (Å²) >= 11 is 0. The van der Waals surface area contributed by atoms with E-state index in [0.717, 1.165) is 24.2 Å². The van der Waals surface area contributed by atoms with Crippen LogP contribution in [0.25, 0.3) is 11.1 Å². The minimum absolute atomic E-state index is 0. The summed E-state index contributed by atoms with van der Waals surface area (Å²) in [7, 11) is -3.35. The van der Waals surface area contributed by atoms with Gasteiger partial charge in [0.2, 0.25) is 0 Å². The molecular weight excluding hydrogens is 372 g/mol. The van der Waals surface area contributed by atoms with E-state index in [9.17, 15) is 13.2 Å². The molecule has 2 aliphatic rings. The van der Waals surface area contributed by atoms with Crippen LogP contribution in [-0.2, 0) is 9.84 Å². The molecule has 0 bridgehead atoms. The van der Waals surface area contributed by atoms with Crippen LogP contribution in [-0.4, -0.2) is 40.2 Å². The average molecular weight is 393 g/mol. The lowest BCUT2D eigenvalue weighted by molar-refractivity contribution is 0.0952. The lowest BCUT2D eigenvalue weighted by Gasteiger charge is -2.17. The third-order valence-corrected chi connectivity index (χ3v) is 6.31. The molecule has 0 spiro atoms. The maximum absolute atomic E-state index is 12.6. The summed E-state index contributed by atoms with van der Waals surface area (Å²) < 4.78 is 24.2. The third kappa shape index (κ3) is 3.24. The van der Waals surface area contributed by atoms with E-state index in [4.69, 9.17) is 0 Å². The number of benzene rings is 2. The number of halogens is 1. The van der Waals surface area contributed by atoms with Crippen molar-refractivity contribution in [3.05, 3.63) is 53.6 Å². The highest BCUT2D eigenvalue weighted by Crippen LogP contribution is 2.36. The van der Waals surface area contributed by atoms with Crippen LogP contribution in [0, 0.1) is 5.92 Å². The molecule has 1 saturated heterocycles. The molecular formula is C19H21ClN2O3S. The molecule has 2 N–H and O–H groups in total. The number of sulfone groups is 1. The van der Waals surface area contributed by atoms with Gasteiger partial charge >= 0.3 is 0 Å². The van der Waals surface area contributed by atoms with Gasteiger partial charge in [-0.3, -0.25) is 4.79 Å². The van der Waals surface area contributed by atoms with Crippen molar-refractivity contribution in [2.45, 2.75) is 10.8 Å². The number of hydrogen-bond acceptors (Lipinski definition) is 4. The van der Waals surface area contributed by atoms with E-state index in [1.807, 2.05) is 24.3 Å². The van der Waals surface area contributed by atoms with Gasteiger partial charge in [-0.25, -0.2) is 8.42 Å². The third-order valence-electron chi connectivity index (χ3n) is 5.16. The molecule has 5 nitrogen and oxygen atoms in total. The van der Waals surface area contributed by atoms with Gasteiger partial charge in [-0.05, 0) is 29.2 Å². The van der Waals surface area contributed by atoms with Crippen LogP contribution in [0.4, 0.5) is 0 Å². The van der Waals surface area contributed by atoms with E-state index in [-0.39, 0.29) is 23.2 Å². The van der Waals surface area contributed by atoms with Crippen molar-refractivity contribution >= 4 is 28.2 Å². The zero-order valence-electron chi connectivity index (χ0n) is 14.4. The molecule has 0 aliphatic carbocycles. The monoisotopic (exact) mass is 392 g/mol. The summed E-state index contributed by atoms with van der Waals surface area (Å²) in [5.74, 6) is 0.635. The molecule has 26 heavy (non-hydrogen) atoms. The highest BCUT2D eigenvalue weighted by Gasteiger charge is 2.34. The molecule has 4 rings (SSSR count). The van der Waals surface area contributed by atoms with Crippen LogP contribution in [0.2, 0.25) is 0 Å². The van der Waals surface area contributed by atoms with Gasteiger partial charge in [-0.1, -0.05) is 30.3 Å². The topological polar surface area (TPSA) is 75.3 Å². The second-order valence-electron chi connectivity index (χ2n) is 6.81. The van der Waals surface area contributed by atoms with Crippen LogP contribution >= 0.6 is 12.4 Å². The Kier molecular flexibility index (Phi) is 5.10. The summed E-state index contributed by atoms with van der Waals surface area (Å²) in [6, 6.07) is 12.7. The molecule has 1 fully saturated rings. The fourth-order valence-corrected chi connectivity index (χ4v) is 4.81. The zero-order valence-corrected chi connectivity index (χ0v) is 16.0. The molecule has 2 heterocycles. The van der Waals surface area contributed by atoms with Crippen molar-refractivity contribution in [1.29, 1.82) is 0 Å². The fourth-order valence-electron chi connectivity index (χ4n) is 3.90. The summed E-state index contributed by atoms with van der Waals surface area (Å²) in [6.07, 6.45) is 1.21. The molecule has 0 aromatic heterocycles. The van der Waals surface area contributed by atoms with Gasteiger partial charge in [0, 0.05) is 42.9 Å². The van der Waals surface area contributed by atoms with Gasteiger partial charge in [0.1, 0.15) is 0 Å². The highest BCUT2D eigenvalue weighted by molar-refractivity contribution is 7.90. The molecule has 7 heteroatoms. The first-order valence-corrected chi connectivity index (χ1v) is 10.3. The Bertz CT molecular complexity index is 959. The van der Waals surface area contributed by atoms with Crippen LogP contribution in [0.15, 0.2) is 47.4 Å². The first-order valence-electron chi connectivity index (χ1n) is 8.37. The Hall–Kier alpha value is -1.89. The predicted octanol–water partition coefficient (Wildman–Crippen LogP) is 2.23. The number of hydrogen-bond donors (Lipinski definition) is 2. The van der Waals surface area contributed by atoms with Crippen LogP contribution in [0.1, 0.15) is 21.8 Å². The van der Waals surface area contributed by atoms with Gasteiger partial charge < -0.3 is 10.6 Å². The minimum Gasteiger partial charge on any atom is -0.352 e. The smallest absolute Gasteiger partial charge is 0.251 e. The Labute approximate surface area is 159 Å². The second kappa shape index (κ2) is 7.02. The van der Waals surface area contributed by atoms with Gasteiger partial charge in [0.15, 0.2) is 9.84 Å². The number of nitrogens with one attached hydrogen (secondary N) is 2. The largest absolute Gasteiger partial charge is 0.352 e. The summed E-state index contributed by atoms with van der Waals surface area (Å²) in [6.45, 7) is 2.44. The maximum atomic E-state index is 12.6. The van der Waals surface area contributed by atoms with Crippen molar-refractivity contribution in [1.82, 2.24) is 10.6 Å². The lowest BCUT2D eigenvalue weighted by Crippen LogP contribution is -2.28. The number of rotatable bonds is 2. The summed E-state index contributed by atoms with van der Waals surface area (Å²) in [4.78, 5) is 12.8. The second-order valence-corrected chi connectivity index (χ2v) is 8.79. The SMILES string of the molecule is CS(=O)(=O)c1ccccc1-c1ccc2c(c1)C(=O)NC[C@H]1CNC[C@H]21.Cl. The first kappa shape index (κ1) is 18.9. The Morgan fingerprint density at radius 2 is 1.77 bits per heavy atom. The molecule has 0 unspecified atom stereocenters. The molecule has 2 aromatic carbocycles. The standard InChI is InChI=1S/C19H20N2O3S.ClH/c1-25(23,24)18-5-3-2-4-14(18)12-6-7-15-16(8-12)19(22)21-10-13-9-20-11-17(13)15;/h2-8,13,17,20H,9-11H2,1H3,(H,21,22);1H/t13-,17+;/m1./s1. The average Bonchev–Trinajstić information content (AvgIpc) is 3.02. The van der Waals surface area contributed by atoms with E-state index < -0.39 is 9.84 Å². The summed E-state index contributed by atoms with van der Waals surface area (Å²) in [5, 5.41) is 6.39. The predicted molar refractivity (Wildman–Crippen MR) is 104 cm³/mol. The van der Waals surface area contributed by atoms with E-state index in [1.165, 1.54) is 6.26 Å². The molecule has 0 radical (unpaired) electrons. The van der Waals surface area contributed by atoms with Gasteiger partial charge in [-0.2, -0.15) is 0 Å². The Morgan fingerprint density at radius 1 is 1.00 bits per heavy atom. The molecule has 2 aromatic rings. The molecule has 2 atom stereocenters. The van der Waals surface area contributed by atoms with E-state index >= 15 is 0 Å². The first-order chi connectivity index (χ1) is 11.9. The van der Waals surface area contributed by atoms with Crippen molar-refractivity contribution in [3.63, 3.8) is 0 Å². The number of fused-ring (bicyclic) bond motifs is 3. The van der Waals surface area contributed by atoms with E-state index in [1.54, 1.807) is 18.2 Å². The minimum atomic E-state index is -3.35. The van der Waals surface area contributed by atoms with Crippen LogP contribution < -0.4 is 10.6 Å². The van der Waals surface area contributed by atoms with Gasteiger partial charge in [0.25, 0.3) is 5.91 Å². The van der Waals surface area contributed by atoms with E-state index in [0.29, 0.717) is 29.5 Å².